The number of aryl methyl sites for hydroxylation is 1. The lowest BCUT2D eigenvalue weighted by atomic mass is 10.2. The van der Waals surface area contributed by atoms with Crippen LogP contribution < -0.4 is 10.1 Å². The summed E-state index contributed by atoms with van der Waals surface area (Å²) >= 11 is 0. The predicted molar refractivity (Wildman–Crippen MR) is 73.1 cm³/mol. The van der Waals surface area contributed by atoms with Crippen LogP contribution in [0.15, 0.2) is 18.6 Å². The molecule has 2 heterocycles. The molecule has 0 radical (unpaired) electrons. The molecule has 0 aliphatic carbocycles. The first-order valence-electron chi connectivity index (χ1n) is 6.19. The molecule has 6 nitrogen and oxygen atoms in total. The van der Waals surface area contributed by atoms with Gasteiger partial charge < -0.3 is 10.1 Å². The zero-order chi connectivity index (χ0) is 13.7. The molecule has 0 unspecified atom stereocenters. The third kappa shape index (κ3) is 2.96. The van der Waals surface area contributed by atoms with Gasteiger partial charge >= 0.3 is 0 Å². The maximum Gasteiger partial charge on any atom is 0.241 e. The fourth-order valence-electron chi connectivity index (χ4n) is 1.64. The van der Waals surface area contributed by atoms with Crippen LogP contribution in [0.3, 0.4) is 0 Å². The van der Waals surface area contributed by atoms with Crippen LogP contribution in [0.2, 0.25) is 0 Å². The Morgan fingerprint density at radius 2 is 1.95 bits per heavy atom. The van der Waals surface area contributed by atoms with Gasteiger partial charge in [-0.25, -0.2) is 19.9 Å². The van der Waals surface area contributed by atoms with Gasteiger partial charge in [-0.05, 0) is 18.9 Å². The van der Waals surface area contributed by atoms with E-state index in [2.05, 4.69) is 32.2 Å². The Morgan fingerprint density at radius 3 is 2.68 bits per heavy atom. The highest BCUT2D eigenvalue weighted by atomic mass is 16.5. The fourth-order valence-corrected chi connectivity index (χ4v) is 1.64. The van der Waals surface area contributed by atoms with Crippen LogP contribution >= 0.6 is 0 Å². The lowest BCUT2D eigenvalue weighted by molar-refractivity contribution is 0.397. The van der Waals surface area contributed by atoms with Crippen LogP contribution in [0.5, 0.6) is 5.88 Å². The van der Waals surface area contributed by atoms with Crippen LogP contribution in [-0.2, 0) is 0 Å². The van der Waals surface area contributed by atoms with E-state index in [9.17, 15) is 0 Å². The molecule has 2 rings (SSSR count). The number of nitrogens with zero attached hydrogens (tertiary/aromatic N) is 4. The Hall–Kier alpha value is -2.24. The SMILES string of the molecule is CCCNc1ncc(C)c(-c2nccnc2OC)n1. The molecule has 0 aliphatic heterocycles. The van der Waals surface area contributed by atoms with Gasteiger partial charge in [-0.15, -0.1) is 0 Å². The topological polar surface area (TPSA) is 72.8 Å². The van der Waals surface area contributed by atoms with E-state index in [-0.39, 0.29) is 0 Å². The molecule has 0 bridgehead atoms. The smallest absolute Gasteiger partial charge is 0.241 e. The maximum atomic E-state index is 5.22. The molecule has 2 aromatic rings. The Labute approximate surface area is 112 Å². The summed E-state index contributed by atoms with van der Waals surface area (Å²) in [6.45, 7) is 4.86. The van der Waals surface area contributed by atoms with Crippen molar-refractivity contribution in [3.05, 3.63) is 24.2 Å². The number of aromatic nitrogens is 4. The largest absolute Gasteiger partial charge is 0.479 e. The van der Waals surface area contributed by atoms with Gasteiger partial charge in [-0.1, -0.05) is 6.92 Å². The van der Waals surface area contributed by atoms with Crippen LogP contribution in [0.1, 0.15) is 18.9 Å². The minimum atomic E-state index is 0.464. The van der Waals surface area contributed by atoms with Crippen molar-refractivity contribution >= 4 is 5.95 Å². The van der Waals surface area contributed by atoms with E-state index in [1.165, 1.54) is 0 Å². The Morgan fingerprint density at radius 1 is 1.16 bits per heavy atom. The van der Waals surface area contributed by atoms with E-state index in [1.54, 1.807) is 25.7 Å². The van der Waals surface area contributed by atoms with E-state index in [0.717, 1.165) is 24.2 Å². The van der Waals surface area contributed by atoms with E-state index >= 15 is 0 Å². The quantitative estimate of drug-likeness (QED) is 0.886. The summed E-state index contributed by atoms with van der Waals surface area (Å²) in [5.41, 5.74) is 2.30. The summed E-state index contributed by atoms with van der Waals surface area (Å²) in [7, 11) is 1.57. The summed E-state index contributed by atoms with van der Waals surface area (Å²) in [5.74, 6) is 1.06. The highest BCUT2D eigenvalue weighted by Gasteiger charge is 2.13. The van der Waals surface area contributed by atoms with Gasteiger partial charge in [0.15, 0.2) is 5.69 Å². The van der Waals surface area contributed by atoms with Crippen molar-refractivity contribution < 1.29 is 4.74 Å². The summed E-state index contributed by atoms with van der Waals surface area (Å²) in [5, 5.41) is 3.16. The van der Waals surface area contributed by atoms with E-state index < -0.39 is 0 Å². The standard InChI is InChI=1S/C13H17N5O/c1-4-5-16-13-17-8-9(2)10(18-13)11-12(19-3)15-7-6-14-11/h6-8H,4-5H2,1-3H3,(H,16,17,18). The third-order valence-corrected chi connectivity index (χ3v) is 2.59. The highest BCUT2D eigenvalue weighted by Crippen LogP contribution is 2.26. The second-order valence-electron chi connectivity index (χ2n) is 4.07. The van der Waals surface area contributed by atoms with Crippen LogP contribution in [0.25, 0.3) is 11.4 Å². The summed E-state index contributed by atoms with van der Waals surface area (Å²) in [6, 6.07) is 0. The lowest BCUT2D eigenvalue weighted by Gasteiger charge is -2.09. The van der Waals surface area contributed by atoms with Gasteiger partial charge in [-0.3, -0.25) is 0 Å². The molecule has 100 valence electrons. The number of nitrogens with one attached hydrogen (secondary N) is 1. The van der Waals surface area contributed by atoms with Gasteiger partial charge in [0.05, 0.1) is 7.11 Å². The minimum absolute atomic E-state index is 0.464. The van der Waals surface area contributed by atoms with E-state index in [4.69, 9.17) is 4.74 Å². The van der Waals surface area contributed by atoms with Gasteiger partial charge in [0.1, 0.15) is 5.69 Å². The molecule has 0 spiro atoms. The number of rotatable bonds is 5. The molecule has 0 atom stereocenters. The number of ether oxygens (including phenoxy) is 1. The third-order valence-electron chi connectivity index (χ3n) is 2.59. The number of hydrogen-bond acceptors (Lipinski definition) is 6. The molecule has 1 N–H and O–H groups in total. The predicted octanol–water partition coefficient (Wildman–Crippen LogP) is 2.07. The van der Waals surface area contributed by atoms with Crippen molar-refractivity contribution in [2.24, 2.45) is 0 Å². The minimum Gasteiger partial charge on any atom is -0.479 e. The lowest BCUT2D eigenvalue weighted by Crippen LogP contribution is -2.06. The molecule has 19 heavy (non-hydrogen) atoms. The van der Waals surface area contributed by atoms with E-state index in [0.29, 0.717) is 17.5 Å². The molecular weight excluding hydrogens is 242 g/mol. The van der Waals surface area contributed by atoms with E-state index in [1.807, 2.05) is 6.92 Å². The molecule has 0 amide bonds. The van der Waals surface area contributed by atoms with Crippen LogP contribution in [0.4, 0.5) is 5.95 Å². The van der Waals surface area contributed by atoms with Gasteiger partial charge in [-0.2, -0.15) is 0 Å². The molecule has 0 aliphatic rings. The normalized spacial score (nSPS) is 10.3. The highest BCUT2D eigenvalue weighted by molar-refractivity contribution is 5.64. The second kappa shape index (κ2) is 6.08. The molecule has 0 saturated carbocycles. The number of hydrogen-bond donors (Lipinski definition) is 1. The second-order valence-corrected chi connectivity index (χ2v) is 4.07. The average molecular weight is 259 g/mol. The molecule has 6 heteroatoms. The molecule has 0 aromatic carbocycles. The monoisotopic (exact) mass is 259 g/mol. The number of anilines is 1. The first kappa shape index (κ1) is 13.2. The zero-order valence-corrected chi connectivity index (χ0v) is 11.3. The van der Waals surface area contributed by atoms with Crippen molar-refractivity contribution in [1.29, 1.82) is 0 Å². The Bertz CT molecular complexity index is 558. The Balaban J connectivity index is 2.42. The first-order valence-corrected chi connectivity index (χ1v) is 6.19. The fraction of sp³-hybridized carbons (Fsp3) is 0.385. The van der Waals surface area contributed by atoms with Gasteiger partial charge in [0.25, 0.3) is 0 Å². The van der Waals surface area contributed by atoms with Crippen molar-refractivity contribution in [3.63, 3.8) is 0 Å². The van der Waals surface area contributed by atoms with Gasteiger partial charge in [0.2, 0.25) is 11.8 Å². The van der Waals surface area contributed by atoms with Crippen molar-refractivity contribution in [2.45, 2.75) is 20.3 Å². The average Bonchev–Trinajstić information content (AvgIpc) is 2.46. The maximum absolute atomic E-state index is 5.22. The summed E-state index contributed by atoms with van der Waals surface area (Å²) < 4.78 is 5.22. The first-order chi connectivity index (χ1) is 9.26. The summed E-state index contributed by atoms with van der Waals surface area (Å²) in [6.07, 6.45) is 6.00. The molecule has 0 fully saturated rings. The molecule has 0 saturated heterocycles. The van der Waals surface area contributed by atoms with Crippen molar-refractivity contribution in [1.82, 2.24) is 19.9 Å². The van der Waals surface area contributed by atoms with Crippen LogP contribution in [0, 0.1) is 6.92 Å². The number of methoxy groups -OCH3 is 1. The van der Waals surface area contributed by atoms with Gasteiger partial charge in [0, 0.05) is 25.1 Å². The van der Waals surface area contributed by atoms with Crippen LogP contribution in [-0.4, -0.2) is 33.6 Å². The van der Waals surface area contributed by atoms with Crippen molar-refractivity contribution in [2.75, 3.05) is 19.0 Å². The molecule has 2 aromatic heterocycles. The summed E-state index contributed by atoms with van der Waals surface area (Å²) in [4.78, 5) is 17.2. The zero-order valence-electron chi connectivity index (χ0n) is 11.3. The Kier molecular flexibility index (Phi) is 4.22. The van der Waals surface area contributed by atoms with Crippen molar-refractivity contribution in [3.8, 4) is 17.3 Å². The molecular formula is C13H17N5O.